The van der Waals surface area contributed by atoms with Gasteiger partial charge in [-0.25, -0.2) is 4.79 Å². The molecule has 2 rings (SSSR count). The van der Waals surface area contributed by atoms with Crippen molar-refractivity contribution in [1.82, 2.24) is 4.90 Å². The molecule has 0 saturated carbocycles. The SMILES string of the molecule is CC(C)(C)OC(=O)N1CCCCC[C@@H]1CC(=O)c1ccccc1. The van der Waals surface area contributed by atoms with E-state index in [-0.39, 0.29) is 17.9 Å². The van der Waals surface area contributed by atoms with Gasteiger partial charge in [-0.3, -0.25) is 4.79 Å². The molecule has 1 saturated heterocycles. The molecule has 126 valence electrons. The van der Waals surface area contributed by atoms with E-state index in [1.54, 1.807) is 4.90 Å². The number of ketones is 1. The maximum Gasteiger partial charge on any atom is 0.410 e. The van der Waals surface area contributed by atoms with Gasteiger partial charge in [0.1, 0.15) is 5.60 Å². The van der Waals surface area contributed by atoms with E-state index in [2.05, 4.69) is 0 Å². The Morgan fingerprint density at radius 3 is 2.48 bits per heavy atom. The van der Waals surface area contributed by atoms with Crippen LogP contribution in [0.1, 0.15) is 63.2 Å². The second-order valence-electron chi connectivity index (χ2n) is 7.17. The summed E-state index contributed by atoms with van der Waals surface area (Å²) >= 11 is 0. The van der Waals surface area contributed by atoms with E-state index >= 15 is 0 Å². The molecule has 1 amide bonds. The highest BCUT2D eigenvalue weighted by Crippen LogP contribution is 2.23. The lowest BCUT2D eigenvalue weighted by Crippen LogP contribution is -2.44. The summed E-state index contributed by atoms with van der Waals surface area (Å²) in [5, 5.41) is 0. The topological polar surface area (TPSA) is 46.6 Å². The lowest BCUT2D eigenvalue weighted by molar-refractivity contribution is 0.0162. The average molecular weight is 317 g/mol. The number of Topliss-reactive ketones (excluding diaryl/α,β-unsaturated/α-hetero) is 1. The Bertz CT molecular complexity index is 533. The highest BCUT2D eigenvalue weighted by atomic mass is 16.6. The molecule has 0 aliphatic carbocycles. The zero-order valence-electron chi connectivity index (χ0n) is 14.4. The standard InChI is InChI=1S/C19H27NO3/c1-19(2,3)23-18(22)20-13-9-5-8-12-16(20)14-17(21)15-10-6-4-7-11-15/h4,6-7,10-11,16H,5,8-9,12-14H2,1-3H3/t16-/m1/s1. The summed E-state index contributed by atoms with van der Waals surface area (Å²) in [7, 11) is 0. The van der Waals surface area contributed by atoms with Gasteiger partial charge in [0.15, 0.2) is 5.78 Å². The van der Waals surface area contributed by atoms with Crippen LogP contribution < -0.4 is 0 Å². The molecule has 1 atom stereocenters. The van der Waals surface area contributed by atoms with E-state index in [9.17, 15) is 9.59 Å². The normalized spacial score (nSPS) is 19.1. The third-order valence-corrected chi connectivity index (χ3v) is 4.02. The number of rotatable bonds is 3. The first-order chi connectivity index (χ1) is 10.9. The molecule has 4 heteroatoms. The van der Waals surface area contributed by atoms with Gasteiger partial charge in [0.2, 0.25) is 0 Å². The van der Waals surface area contributed by atoms with Gasteiger partial charge in [-0.1, -0.05) is 43.2 Å². The summed E-state index contributed by atoms with van der Waals surface area (Å²) in [6, 6.07) is 9.22. The molecule has 0 N–H and O–H groups in total. The number of likely N-dealkylation sites (tertiary alicyclic amines) is 1. The van der Waals surface area contributed by atoms with Gasteiger partial charge < -0.3 is 9.64 Å². The van der Waals surface area contributed by atoms with Gasteiger partial charge in [0.25, 0.3) is 0 Å². The maximum atomic E-state index is 12.5. The molecule has 0 radical (unpaired) electrons. The number of hydrogen-bond acceptors (Lipinski definition) is 3. The largest absolute Gasteiger partial charge is 0.444 e. The van der Waals surface area contributed by atoms with Crippen LogP contribution in [0, 0.1) is 0 Å². The van der Waals surface area contributed by atoms with Crippen LogP contribution in [0.5, 0.6) is 0 Å². The first-order valence-corrected chi connectivity index (χ1v) is 8.45. The van der Waals surface area contributed by atoms with Gasteiger partial charge in [0.05, 0.1) is 0 Å². The van der Waals surface area contributed by atoms with Crippen molar-refractivity contribution in [2.24, 2.45) is 0 Å². The van der Waals surface area contributed by atoms with Gasteiger partial charge >= 0.3 is 6.09 Å². The molecule has 0 aromatic heterocycles. The maximum absolute atomic E-state index is 12.5. The number of nitrogens with zero attached hydrogens (tertiary/aromatic N) is 1. The molecular weight excluding hydrogens is 290 g/mol. The van der Waals surface area contributed by atoms with Crippen molar-refractivity contribution in [3.05, 3.63) is 35.9 Å². The van der Waals surface area contributed by atoms with Crippen molar-refractivity contribution in [3.63, 3.8) is 0 Å². The van der Waals surface area contributed by atoms with Crippen molar-refractivity contribution in [2.45, 2.75) is 64.5 Å². The Hall–Kier alpha value is -1.84. The van der Waals surface area contributed by atoms with E-state index in [1.807, 2.05) is 51.1 Å². The Morgan fingerprint density at radius 1 is 1.13 bits per heavy atom. The lowest BCUT2D eigenvalue weighted by atomic mass is 10.00. The van der Waals surface area contributed by atoms with Gasteiger partial charge in [-0.2, -0.15) is 0 Å². The molecule has 1 aromatic carbocycles. The van der Waals surface area contributed by atoms with Crippen molar-refractivity contribution >= 4 is 11.9 Å². The van der Waals surface area contributed by atoms with Crippen LogP contribution in [-0.2, 0) is 4.74 Å². The average Bonchev–Trinajstić information content (AvgIpc) is 2.72. The smallest absolute Gasteiger partial charge is 0.410 e. The fourth-order valence-electron chi connectivity index (χ4n) is 2.91. The first-order valence-electron chi connectivity index (χ1n) is 8.45. The quantitative estimate of drug-likeness (QED) is 0.774. The van der Waals surface area contributed by atoms with Crippen LogP contribution in [0.4, 0.5) is 4.79 Å². The summed E-state index contributed by atoms with van der Waals surface area (Å²) in [6.45, 7) is 6.27. The Balaban J connectivity index is 2.09. The molecule has 1 aliphatic rings. The molecule has 0 unspecified atom stereocenters. The molecular formula is C19H27NO3. The summed E-state index contributed by atoms with van der Waals surface area (Å²) in [6.07, 6.45) is 4.03. The van der Waals surface area contributed by atoms with E-state index < -0.39 is 5.60 Å². The van der Waals surface area contributed by atoms with Gasteiger partial charge in [-0.05, 0) is 33.6 Å². The first kappa shape index (κ1) is 17.5. The van der Waals surface area contributed by atoms with Gasteiger partial charge in [-0.15, -0.1) is 0 Å². The minimum Gasteiger partial charge on any atom is -0.444 e. The van der Waals surface area contributed by atoms with Crippen molar-refractivity contribution in [3.8, 4) is 0 Å². The van der Waals surface area contributed by atoms with Crippen LogP contribution in [0.25, 0.3) is 0 Å². The van der Waals surface area contributed by atoms with Crippen LogP contribution in [-0.4, -0.2) is 35.0 Å². The Labute approximate surface area is 138 Å². The summed E-state index contributed by atoms with van der Waals surface area (Å²) in [5.74, 6) is 0.0889. The molecule has 1 heterocycles. The van der Waals surface area contributed by atoms with Crippen molar-refractivity contribution in [2.75, 3.05) is 6.54 Å². The van der Waals surface area contributed by atoms with Crippen LogP contribution in [0.3, 0.4) is 0 Å². The third kappa shape index (κ3) is 5.38. The number of ether oxygens (including phenoxy) is 1. The van der Waals surface area contributed by atoms with E-state index in [0.29, 0.717) is 18.5 Å². The van der Waals surface area contributed by atoms with E-state index in [4.69, 9.17) is 4.74 Å². The zero-order valence-corrected chi connectivity index (χ0v) is 14.4. The number of amides is 1. The van der Waals surface area contributed by atoms with Gasteiger partial charge in [0, 0.05) is 24.6 Å². The second kappa shape index (κ2) is 7.62. The zero-order chi connectivity index (χ0) is 16.9. The number of hydrogen-bond donors (Lipinski definition) is 0. The van der Waals surface area contributed by atoms with Crippen LogP contribution >= 0.6 is 0 Å². The summed E-state index contributed by atoms with van der Waals surface area (Å²) in [4.78, 5) is 26.8. The predicted molar refractivity (Wildman–Crippen MR) is 90.6 cm³/mol. The fraction of sp³-hybridized carbons (Fsp3) is 0.579. The van der Waals surface area contributed by atoms with Crippen LogP contribution in [0.2, 0.25) is 0 Å². The number of carbonyl (C=O) groups excluding carboxylic acids is 2. The molecule has 23 heavy (non-hydrogen) atoms. The highest BCUT2D eigenvalue weighted by Gasteiger charge is 2.30. The third-order valence-electron chi connectivity index (χ3n) is 4.02. The van der Waals surface area contributed by atoms with Crippen molar-refractivity contribution in [1.29, 1.82) is 0 Å². The minimum absolute atomic E-state index is 0.0694. The molecule has 0 spiro atoms. The predicted octanol–water partition coefficient (Wildman–Crippen LogP) is 4.44. The Kier molecular flexibility index (Phi) is 5.80. The summed E-state index contributed by atoms with van der Waals surface area (Å²) < 4.78 is 5.53. The molecule has 0 bridgehead atoms. The fourth-order valence-corrected chi connectivity index (χ4v) is 2.91. The monoisotopic (exact) mass is 317 g/mol. The van der Waals surface area contributed by atoms with E-state index in [1.165, 1.54) is 0 Å². The second-order valence-corrected chi connectivity index (χ2v) is 7.17. The number of carbonyl (C=O) groups is 2. The lowest BCUT2D eigenvalue weighted by Gasteiger charge is -2.32. The van der Waals surface area contributed by atoms with Crippen LogP contribution in [0.15, 0.2) is 30.3 Å². The molecule has 1 aromatic rings. The van der Waals surface area contributed by atoms with E-state index in [0.717, 1.165) is 25.7 Å². The Morgan fingerprint density at radius 2 is 1.83 bits per heavy atom. The van der Waals surface area contributed by atoms with Crippen molar-refractivity contribution < 1.29 is 14.3 Å². The summed E-state index contributed by atoms with van der Waals surface area (Å²) in [5.41, 5.74) is 0.193. The molecule has 1 fully saturated rings. The highest BCUT2D eigenvalue weighted by molar-refractivity contribution is 5.96. The minimum atomic E-state index is -0.516. The number of benzene rings is 1. The molecule has 4 nitrogen and oxygen atoms in total. The molecule has 1 aliphatic heterocycles.